The first-order chi connectivity index (χ1) is 14.1. The molecule has 1 amide bonds. The molecule has 150 valence electrons. The van der Waals surface area contributed by atoms with Crippen LogP contribution in [0.5, 0.6) is 0 Å². The number of nitrogens with zero attached hydrogens (tertiary/aromatic N) is 1. The summed E-state index contributed by atoms with van der Waals surface area (Å²) in [5, 5.41) is 8.34. The lowest BCUT2D eigenvalue weighted by Crippen LogP contribution is -2.46. The Kier molecular flexibility index (Phi) is 6.09. The van der Waals surface area contributed by atoms with Crippen LogP contribution in [0.15, 0.2) is 54.6 Å². The van der Waals surface area contributed by atoms with Crippen molar-refractivity contribution in [2.24, 2.45) is 0 Å². The first kappa shape index (κ1) is 19.8. The number of piperazine rings is 1. The van der Waals surface area contributed by atoms with Crippen molar-refractivity contribution in [2.45, 2.75) is 0 Å². The fourth-order valence-electron chi connectivity index (χ4n) is 3.70. The highest BCUT2D eigenvalue weighted by atomic mass is 35.5. The highest BCUT2D eigenvalue weighted by molar-refractivity contribution is 6.30. The summed E-state index contributed by atoms with van der Waals surface area (Å²) in [6, 6.07) is 16.2. The van der Waals surface area contributed by atoms with Crippen LogP contribution >= 0.6 is 11.6 Å². The number of hydrogen-bond donors (Lipinski definition) is 2. The Morgan fingerprint density at radius 1 is 1.10 bits per heavy atom. The number of nitrogens with one attached hydrogen (secondary N) is 2. The van der Waals surface area contributed by atoms with Gasteiger partial charge in [-0.3, -0.25) is 9.69 Å². The zero-order valence-corrected chi connectivity index (χ0v) is 16.8. The number of carbonyl (C=O) groups excluding carboxylic acids is 1. The van der Waals surface area contributed by atoms with Crippen LogP contribution in [0, 0.1) is 5.82 Å². The molecule has 1 aliphatic rings. The molecule has 0 spiro atoms. The summed E-state index contributed by atoms with van der Waals surface area (Å²) in [6.45, 7) is 5.50. The number of benzene rings is 3. The van der Waals surface area contributed by atoms with Crippen LogP contribution in [0.1, 0.15) is 10.4 Å². The molecule has 1 heterocycles. The number of rotatable bonds is 5. The van der Waals surface area contributed by atoms with Gasteiger partial charge < -0.3 is 10.6 Å². The fourth-order valence-corrected chi connectivity index (χ4v) is 3.82. The summed E-state index contributed by atoms with van der Waals surface area (Å²) < 4.78 is 13.9. The molecule has 0 aromatic heterocycles. The second kappa shape index (κ2) is 8.91. The lowest BCUT2D eigenvalue weighted by atomic mass is 9.97. The molecule has 0 radical (unpaired) electrons. The molecule has 29 heavy (non-hydrogen) atoms. The topological polar surface area (TPSA) is 44.4 Å². The molecule has 2 N–H and O–H groups in total. The zero-order chi connectivity index (χ0) is 20.2. The Morgan fingerprint density at radius 2 is 1.93 bits per heavy atom. The molecule has 0 aliphatic carbocycles. The predicted octanol–water partition coefficient (Wildman–Crippen LogP) is 3.93. The van der Waals surface area contributed by atoms with Crippen molar-refractivity contribution in [3.63, 3.8) is 0 Å². The van der Waals surface area contributed by atoms with Gasteiger partial charge >= 0.3 is 0 Å². The molecule has 0 saturated carbocycles. The molecule has 1 saturated heterocycles. The maximum Gasteiger partial charge on any atom is 0.251 e. The summed E-state index contributed by atoms with van der Waals surface area (Å²) >= 11 is 5.81. The van der Waals surface area contributed by atoms with E-state index >= 15 is 0 Å². The molecule has 3 aromatic rings. The first-order valence-corrected chi connectivity index (χ1v) is 10.2. The average molecular weight is 412 g/mol. The van der Waals surface area contributed by atoms with Gasteiger partial charge in [0, 0.05) is 44.8 Å². The van der Waals surface area contributed by atoms with Gasteiger partial charge in [-0.25, -0.2) is 4.39 Å². The third kappa shape index (κ3) is 4.58. The third-order valence-electron chi connectivity index (χ3n) is 5.30. The second-order valence-electron chi connectivity index (χ2n) is 7.22. The second-order valence-corrected chi connectivity index (χ2v) is 7.63. The third-order valence-corrected chi connectivity index (χ3v) is 5.60. The van der Waals surface area contributed by atoms with Crippen LogP contribution in [-0.2, 0) is 0 Å². The molecular weight excluding hydrogens is 389 g/mol. The lowest BCUT2D eigenvalue weighted by Gasteiger charge is -2.27. The Bertz CT molecular complexity index is 1030. The molecule has 4 rings (SSSR count). The quantitative estimate of drug-likeness (QED) is 0.668. The monoisotopic (exact) mass is 411 g/mol. The molecular formula is C23H23ClFN3O. The van der Waals surface area contributed by atoms with E-state index in [4.69, 9.17) is 11.6 Å². The molecule has 3 aromatic carbocycles. The van der Waals surface area contributed by atoms with Gasteiger partial charge in [0.2, 0.25) is 0 Å². The Morgan fingerprint density at radius 3 is 2.72 bits per heavy atom. The molecule has 0 unspecified atom stereocenters. The Hall–Kier alpha value is -2.47. The van der Waals surface area contributed by atoms with Gasteiger partial charge in [-0.15, -0.1) is 0 Å². The van der Waals surface area contributed by atoms with E-state index in [0.29, 0.717) is 12.1 Å². The molecule has 4 nitrogen and oxygen atoms in total. The van der Waals surface area contributed by atoms with Crippen LogP contribution in [0.3, 0.4) is 0 Å². The molecule has 0 bridgehead atoms. The number of carbonyl (C=O) groups is 1. The van der Waals surface area contributed by atoms with Gasteiger partial charge in [0.05, 0.1) is 5.02 Å². The van der Waals surface area contributed by atoms with Gasteiger partial charge in [0.1, 0.15) is 5.82 Å². The number of amides is 1. The maximum atomic E-state index is 13.9. The van der Waals surface area contributed by atoms with Crippen LogP contribution < -0.4 is 10.6 Å². The lowest BCUT2D eigenvalue weighted by molar-refractivity contribution is 0.0947. The van der Waals surface area contributed by atoms with Crippen LogP contribution in [0.2, 0.25) is 5.02 Å². The normalized spacial score (nSPS) is 14.8. The van der Waals surface area contributed by atoms with Crippen molar-refractivity contribution in [1.82, 2.24) is 15.5 Å². The van der Waals surface area contributed by atoms with Gasteiger partial charge in [-0.2, -0.15) is 0 Å². The summed E-state index contributed by atoms with van der Waals surface area (Å²) in [5.74, 6) is -0.522. The summed E-state index contributed by atoms with van der Waals surface area (Å²) in [7, 11) is 0. The van der Waals surface area contributed by atoms with Gasteiger partial charge in [0.25, 0.3) is 5.91 Å². The largest absolute Gasteiger partial charge is 0.351 e. The summed E-state index contributed by atoms with van der Waals surface area (Å²) in [4.78, 5) is 14.9. The van der Waals surface area contributed by atoms with E-state index < -0.39 is 5.82 Å². The van der Waals surface area contributed by atoms with E-state index in [-0.39, 0.29) is 10.9 Å². The average Bonchev–Trinajstić information content (AvgIpc) is 2.75. The van der Waals surface area contributed by atoms with Crippen LogP contribution in [-0.4, -0.2) is 50.1 Å². The van der Waals surface area contributed by atoms with E-state index in [1.54, 1.807) is 12.1 Å². The van der Waals surface area contributed by atoms with E-state index in [1.807, 2.05) is 36.4 Å². The Labute approximate surface area is 174 Å². The smallest absolute Gasteiger partial charge is 0.251 e. The van der Waals surface area contributed by atoms with Crippen LogP contribution in [0.4, 0.5) is 4.39 Å². The van der Waals surface area contributed by atoms with Crippen molar-refractivity contribution < 1.29 is 9.18 Å². The molecule has 1 aliphatic heterocycles. The fraction of sp³-hybridized carbons (Fsp3) is 0.261. The van der Waals surface area contributed by atoms with Crippen molar-refractivity contribution in [3.05, 3.63) is 71.0 Å². The molecule has 1 fully saturated rings. The minimum atomic E-state index is -0.443. The molecule has 0 atom stereocenters. The van der Waals surface area contributed by atoms with Gasteiger partial charge in [-0.1, -0.05) is 41.9 Å². The maximum absolute atomic E-state index is 13.9. The number of fused-ring (bicyclic) bond motifs is 1. The SMILES string of the molecule is O=C(NCCN1CCNCC1)c1ccc2c(-c3ccc(Cl)c(F)c3)cccc2c1. The van der Waals surface area contributed by atoms with E-state index in [1.165, 1.54) is 6.07 Å². The number of halogens is 2. The highest BCUT2D eigenvalue weighted by Crippen LogP contribution is 2.31. The highest BCUT2D eigenvalue weighted by Gasteiger charge is 2.12. The van der Waals surface area contributed by atoms with Crippen molar-refractivity contribution in [2.75, 3.05) is 39.3 Å². The van der Waals surface area contributed by atoms with E-state index in [0.717, 1.165) is 54.6 Å². The standard InChI is InChI=1S/C23H23ClFN3O/c24-21-7-5-17(15-22(21)25)19-3-1-2-16-14-18(4-6-20(16)19)23(29)27-10-13-28-11-8-26-9-12-28/h1-7,14-15,26H,8-13H2,(H,27,29). The van der Waals surface area contributed by atoms with E-state index in [2.05, 4.69) is 15.5 Å². The first-order valence-electron chi connectivity index (χ1n) is 9.81. The minimum Gasteiger partial charge on any atom is -0.351 e. The summed E-state index contributed by atoms with van der Waals surface area (Å²) in [6.07, 6.45) is 0. The van der Waals surface area contributed by atoms with Crippen molar-refractivity contribution in [3.8, 4) is 11.1 Å². The number of hydrogen-bond acceptors (Lipinski definition) is 3. The zero-order valence-electron chi connectivity index (χ0n) is 16.1. The van der Waals surface area contributed by atoms with E-state index in [9.17, 15) is 9.18 Å². The van der Waals surface area contributed by atoms with Crippen molar-refractivity contribution >= 4 is 28.3 Å². The molecule has 6 heteroatoms. The predicted molar refractivity (Wildman–Crippen MR) is 116 cm³/mol. The van der Waals surface area contributed by atoms with Crippen molar-refractivity contribution in [1.29, 1.82) is 0 Å². The minimum absolute atomic E-state index is 0.0787. The Balaban J connectivity index is 1.50. The van der Waals surface area contributed by atoms with Gasteiger partial charge in [0.15, 0.2) is 0 Å². The van der Waals surface area contributed by atoms with Crippen LogP contribution in [0.25, 0.3) is 21.9 Å². The summed E-state index contributed by atoms with van der Waals surface area (Å²) in [5.41, 5.74) is 2.28. The van der Waals surface area contributed by atoms with Gasteiger partial charge in [-0.05, 0) is 46.2 Å².